The van der Waals surface area contributed by atoms with E-state index in [1.165, 1.54) is 23.3 Å². The molecule has 2 atom stereocenters. The molecular formula is C16H20BrNOS. The number of carbonyl (C=O) groups is 1. The van der Waals surface area contributed by atoms with Crippen LogP contribution in [0.4, 0.5) is 0 Å². The van der Waals surface area contributed by atoms with Gasteiger partial charge in [-0.15, -0.1) is 11.8 Å². The molecule has 1 aromatic carbocycles. The standard InChI is InChI=1S/C16H20BrNOS/c17-9-3-5-12-6-4-10-18(12)16(19)14-11-20-15-8-2-1-7-13(14)15/h1-2,7-8,12,14H,3-6,9-11H2. The number of hydrogen-bond acceptors (Lipinski definition) is 2. The molecule has 0 spiro atoms. The second-order valence-corrected chi connectivity index (χ2v) is 7.42. The minimum Gasteiger partial charge on any atom is -0.339 e. The number of amides is 1. The Morgan fingerprint density at radius 2 is 2.25 bits per heavy atom. The van der Waals surface area contributed by atoms with Crippen LogP contribution in [0, 0.1) is 0 Å². The van der Waals surface area contributed by atoms with Crippen molar-refractivity contribution in [2.24, 2.45) is 0 Å². The summed E-state index contributed by atoms with van der Waals surface area (Å²) in [6.45, 7) is 0.953. The summed E-state index contributed by atoms with van der Waals surface area (Å²) < 4.78 is 0. The van der Waals surface area contributed by atoms with Crippen LogP contribution in [-0.4, -0.2) is 34.5 Å². The van der Waals surface area contributed by atoms with Crippen LogP contribution in [-0.2, 0) is 4.79 Å². The summed E-state index contributed by atoms with van der Waals surface area (Å²) in [5.41, 5.74) is 1.24. The minimum absolute atomic E-state index is 0.0840. The maximum absolute atomic E-state index is 12.9. The number of likely N-dealkylation sites (tertiary alicyclic amines) is 1. The van der Waals surface area contributed by atoms with Crippen molar-refractivity contribution in [3.63, 3.8) is 0 Å². The molecule has 108 valence electrons. The number of rotatable bonds is 4. The number of halogens is 1. The van der Waals surface area contributed by atoms with Gasteiger partial charge in [0.05, 0.1) is 5.92 Å². The third-order valence-corrected chi connectivity index (χ3v) is 6.07. The molecule has 1 saturated heterocycles. The van der Waals surface area contributed by atoms with Crippen molar-refractivity contribution < 1.29 is 4.79 Å². The predicted molar refractivity (Wildman–Crippen MR) is 87.7 cm³/mol. The summed E-state index contributed by atoms with van der Waals surface area (Å²) >= 11 is 5.32. The number of nitrogens with zero attached hydrogens (tertiary/aromatic N) is 1. The van der Waals surface area contributed by atoms with Crippen molar-refractivity contribution >= 4 is 33.6 Å². The van der Waals surface area contributed by atoms with E-state index < -0.39 is 0 Å². The van der Waals surface area contributed by atoms with Crippen molar-refractivity contribution in [3.8, 4) is 0 Å². The lowest BCUT2D eigenvalue weighted by atomic mass is 9.99. The number of benzene rings is 1. The molecule has 0 aliphatic carbocycles. The molecule has 1 fully saturated rings. The lowest BCUT2D eigenvalue weighted by molar-refractivity contribution is -0.133. The maximum atomic E-state index is 12.9. The smallest absolute Gasteiger partial charge is 0.231 e. The molecule has 1 amide bonds. The van der Waals surface area contributed by atoms with Gasteiger partial charge in [-0.05, 0) is 37.3 Å². The Balaban J connectivity index is 1.73. The van der Waals surface area contributed by atoms with Crippen LogP contribution >= 0.6 is 27.7 Å². The summed E-state index contributed by atoms with van der Waals surface area (Å²) in [5.74, 6) is 1.36. The van der Waals surface area contributed by atoms with Crippen molar-refractivity contribution in [1.82, 2.24) is 4.90 Å². The van der Waals surface area contributed by atoms with Gasteiger partial charge in [0.25, 0.3) is 0 Å². The van der Waals surface area contributed by atoms with Crippen LogP contribution in [0.15, 0.2) is 29.2 Å². The Hall–Kier alpha value is -0.480. The van der Waals surface area contributed by atoms with E-state index in [1.807, 2.05) is 11.8 Å². The van der Waals surface area contributed by atoms with E-state index in [9.17, 15) is 4.79 Å². The molecule has 2 aliphatic rings. The van der Waals surface area contributed by atoms with E-state index in [0.29, 0.717) is 11.9 Å². The number of alkyl halides is 1. The largest absolute Gasteiger partial charge is 0.339 e. The molecule has 0 saturated carbocycles. The van der Waals surface area contributed by atoms with Crippen LogP contribution in [0.1, 0.15) is 37.2 Å². The van der Waals surface area contributed by atoms with E-state index in [-0.39, 0.29) is 5.92 Å². The Kier molecular flexibility index (Phi) is 4.72. The number of thioether (sulfide) groups is 1. The van der Waals surface area contributed by atoms with Crippen LogP contribution in [0.3, 0.4) is 0 Å². The van der Waals surface area contributed by atoms with E-state index in [1.54, 1.807) is 0 Å². The second kappa shape index (κ2) is 6.52. The monoisotopic (exact) mass is 353 g/mol. The SMILES string of the molecule is O=C(C1CSc2ccccc21)N1CCCC1CCCBr. The lowest BCUT2D eigenvalue weighted by Crippen LogP contribution is -2.39. The summed E-state index contributed by atoms with van der Waals surface area (Å²) in [4.78, 5) is 16.3. The van der Waals surface area contributed by atoms with Crippen molar-refractivity contribution in [3.05, 3.63) is 29.8 Å². The van der Waals surface area contributed by atoms with E-state index in [4.69, 9.17) is 0 Å². The molecule has 2 aliphatic heterocycles. The predicted octanol–water partition coefficient (Wildman–Crippen LogP) is 4.04. The van der Waals surface area contributed by atoms with Crippen molar-refractivity contribution in [1.29, 1.82) is 0 Å². The summed E-state index contributed by atoms with van der Waals surface area (Å²) in [6, 6.07) is 8.85. The first-order chi connectivity index (χ1) is 9.81. The van der Waals surface area contributed by atoms with Gasteiger partial charge in [-0.25, -0.2) is 0 Å². The van der Waals surface area contributed by atoms with Gasteiger partial charge in [0.1, 0.15) is 0 Å². The average molecular weight is 354 g/mol. The Morgan fingerprint density at radius 3 is 3.10 bits per heavy atom. The molecule has 2 heterocycles. The van der Waals surface area contributed by atoms with Gasteiger partial charge in [-0.1, -0.05) is 34.1 Å². The average Bonchev–Trinajstić information content (AvgIpc) is 3.11. The quantitative estimate of drug-likeness (QED) is 0.761. The number of fused-ring (bicyclic) bond motifs is 1. The van der Waals surface area contributed by atoms with Crippen molar-refractivity contribution in [2.75, 3.05) is 17.6 Å². The van der Waals surface area contributed by atoms with Gasteiger partial charge in [0, 0.05) is 28.6 Å². The van der Waals surface area contributed by atoms with Crippen LogP contribution in [0.5, 0.6) is 0 Å². The zero-order chi connectivity index (χ0) is 13.9. The van der Waals surface area contributed by atoms with Gasteiger partial charge in [-0.2, -0.15) is 0 Å². The van der Waals surface area contributed by atoms with Crippen LogP contribution in [0.2, 0.25) is 0 Å². The summed E-state index contributed by atoms with van der Waals surface area (Å²) in [6.07, 6.45) is 4.64. The topological polar surface area (TPSA) is 20.3 Å². The summed E-state index contributed by atoms with van der Waals surface area (Å²) in [5, 5.41) is 1.04. The Morgan fingerprint density at radius 1 is 1.40 bits per heavy atom. The highest BCUT2D eigenvalue weighted by Gasteiger charge is 2.36. The first-order valence-corrected chi connectivity index (χ1v) is 9.50. The molecule has 4 heteroatoms. The molecule has 3 rings (SSSR count). The third kappa shape index (κ3) is 2.77. The first kappa shape index (κ1) is 14.5. The van der Waals surface area contributed by atoms with E-state index >= 15 is 0 Å². The molecular weight excluding hydrogens is 334 g/mol. The Bertz CT molecular complexity index is 493. The number of carbonyl (C=O) groups excluding carboxylic acids is 1. The highest BCUT2D eigenvalue weighted by Crippen LogP contribution is 2.41. The summed E-state index contributed by atoms with van der Waals surface area (Å²) in [7, 11) is 0. The highest BCUT2D eigenvalue weighted by atomic mass is 79.9. The van der Waals surface area contributed by atoms with Gasteiger partial charge >= 0.3 is 0 Å². The fraction of sp³-hybridized carbons (Fsp3) is 0.562. The molecule has 1 aromatic rings. The van der Waals surface area contributed by atoms with Gasteiger partial charge in [-0.3, -0.25) is 4.79 Å². The maximum Gasteiger partial charge on any atom is 0.231 e. The lowest BCUT2D eigenvalue weighted by Gasteiger charge is -2.27. The fourth-order valence-corrected chi connectivity index (χ4v) is 4.85. The molecule has 2 nitrogen and oxygen atoms in total. The zero-order valence-corrected chi connectivity index (χ0v) is 14.0. The molecule has 0 N–H and O–H groups in total. The first-order valence-electron chi connectivity index (χ1n) is 7.39. The zero-order valence-electron chi connectivity index (χ0n) is 11.6. The number of hydrogen-bond donors (Lipinski definition) is 0. The highest BCUT2D eigenvalue weighted by molar-refractivity contribution is 9.09. The molecule has 2 unspecified atom stereocenters. The second-order valence-electron chi connectivity index (χ2n) is 5.56. The van der Waals surface area contributed by atoms with Gasteiger partial charge in [0.15, 0.2) is 0 Å². The van der Waals surface area contributed by atoms with Gasteiger partial charge in [0.2, 0.25) is 5.91 Å². The van der Waals surface area contributed by atoms with Crippen LogP contribution < -0.4 is 0 Å². The molecule has 0 aromatic heterocycles. The van der Waals surface area contributed by atoms with Crippen LogP contribution in [0.25, 0.3) is 0 Å². The molecule has 0 bridgehead atoms. The fourth-order valence-electron chi connectivity index (χ4n) is 3.31. The van der Waals surface area contributed by atoms with E-state index in [2.05, 4.69) is 45.1 Å². The Labute approximate surface area is 133 Å². The van der Waals surface area contributed by atoms with Crippen molar-refractivity contribution in [2.45, 2.75) is 42.5 Å². The van der Waals surface area contributed by atoms with E-state index in [0.717, 1.165) is 30.5 Å². The normalized spacial score (nSPS) is 24.9. The molecule has 20 heavy (non-hydrogen) atoms. The third-order valence-electron chi connectivity index (χ3n) is 4.33. The molecule has 0 radical (unpaired) electrons. The minimum atomic E-state index is 0.0840. The van der Waals surface area contributed by atoms with Gasteiger partial charge < -0.3 is 4.90 Å².